The first-order valence-corrected chi connectivity index (χ1v) is 8.32. The van der Waals surface area contributed by atoms with Crippen LogP contribution in [0, 0.1) is 0 Å². The van der Waals surface area contributed by atoms with Crippen LogP contribution in [0.25, 0.3) is 0 Å². The zero-order chi connectivity index (χ0) is 17.7. The normalized spacial score (nSPS) is 23.9. The quantitative estimate of drug-likeness (QED) is 0.629. The predicted octanol–water partition coefficient (Wildman–Crippen LogP) is 2.47. The minimum atomic E-state index is -0.851. The third kappa shape index (κ3) is 4.96. The number of aryl methyl sites for hydroxylation is 1. The number of aliphatic hydroxyl groups excluding tert-OH is 1. The molecule has 0 radical (unpaired) electrons. The lowest BCUT2D eigenvalue weighted by atomic mass is 9.97. The maximum absolute atomic E-state index is 12.4. The van der Waals surface area contributed by atoms with E-state index in [1.807, 2.05) is 0 Å². The van der Waals surface area contributed by atoms with Crippen molar-refractivity contribution in [3.8, 4) is 11.5 Å². The zero-order valence-electron chi connectivity index (χ0n) is 13.8. The van der Waals surface area contributed by atoms with Gasteiger partial charge in [0.2, 0.25) is 0 Å². The molecular weight excluding hydrogens is 312 g/mol. The monoisotopic (exact) mass is 336 g/mol. The minimum Gasteiger partial charge on any atom is -0.508 e. The molecule has 1 aliphatic rings. The van der Waals surface area contributed by atoms with Crippen molar-refractivity contribution in [2.45, 2.75) is 64.1 Å². The standard InChI is InChI=1S/C18H24O6/c1-11-7-14(20)9-13(19)6-4-2-3-5-12-8-15(21)10-16(22)17(12)18(23)24-11/h8,10-11,14,20-22H,2-7,9H2,1H3. The smallest absolute Gasteiger partial charge is 0.342 e. The molecule has 1 heterocycles. The number of benzene rings is 1. The van der Waals surface area contributed by atoms with E-state index in [1.54, 1.807) is 6.92 Å². The highest BCUT2D eigenvalue weighted by Gasteiger charge is 2.23. The molecule has 24 heavy (non-hydrogen) atoms. The van der Waals surface area contributed by atoms with Gasteiger partial charge in [-0.15, -0.1) is 0 Å². The summed E-state index contributed by atoms with van der Waals surface area (Å²) in [5.74, 6) is -1.11. The van der Waals surface area contributed by atoms with Gasteiger partial charge in [-0.2, -0.15) is 0 Å². The summed E-state index contributed by atoms with van der Waals surface area (Å²) in [4.78, 5) is 24.2. The summed E-state index contributed by atoms with van der Waals surface area (Å²) >= 11 is 0. The number of aliphatic hydroxyl groups is 1. The average Bonchev–Trinajstić information content (AvgIpc) is 2.44. The molecule has 1 aliphatic heterocycles. The van der Waals surface area contributed by atoms with Crippen LogP contribution >= 0.6 is 0 Å². The highest BCUT2D eigenvalue weighted by atomic mass is 16.5. The van der Waals surface area contributed by atoms with Gasteiger partial charge in [0.25, 0.3) is 0 Å². The molecule has 6 nitrogen and oxygen atoms in total. The topological polar surface area (TPSA) is 104 Å². The van der Waals surface area contributed by atoms with E-state index in [1.165, 1.54) is 6.07 Å². The number of ether oxygens (including phenoxy) is 1. The van der Waals surface area contributed by atoms with Crippen LogP contribution in [0.5, 0.6) is 11.5 Å². The van der Waals surface area contributed by atoms with Crippen LogP contribution < -0.4 is 0 Å². The first-order valence-electron chi connectivity index (χ1n) is 8.32. The molecule has 2 rings (SSSR count). The summed E-state index contributed by atoms with van der Waals surface area (Å²) in [5.41, 5.74) is 0.580. The summed E-state index contributed by atoms with van der Waals surface area (Å²) in [6.45, 7) is 1.63. The minimum absolute atomic E-state index is 0.00813. The van der Waals surface area contributed by atoms with E-state index in [0.29, 0.717) is 31.2 Å². The number of cyclic esters (lactones) is 1. The van der Waals surface area contributed by atoms with E-state index in [-0.39, 0.29) is 35.7 Å². The molecule has 0 aromatic heterocycles. The number of carbonyl (C=O) groups is 2. The maximum atomic E-state index is 12.4. The molecule has 1 aromatic carbocycles. The van der Waals surface area contributed by atoms with E-state index < -0.39 is 18.2 Å². The third-order valence-electron chi connectivity index (χ3n) is 4.17. The number of rotatable bonds is 0. The fourth-order valence-electron chi connectivity index (χ4n) is 3.04. The van der Waals surface area contributed by atoms with Crippen LogP contribution in [0.3, 0.4) is 0 Å². The van der Waals surface area contributed by atoms with Crippen molar-refractivity contribution in [2.24, 2.45) is 0 Å². The number of phenols is 2. The number of phenolic OH excluding ortho intramolecular Hbond substituents is 2. The Balaban J connectivity index is 2.26. The van der Waals surface area contributed by atoms with Crippen molar-refractivity contribution in [1.29, 1.82) is 0 Å². The molecule has 0 amide bonds. The molecule has 0 bridgehead atoms. The van der Waals surface area contributed by atoms with Gasteiger partial charge in [0.15, 0.2) is 0 Å². The van der Waals surface area contributed by atoms with Crippen molar-refractivity contribution in [1.82, 2.24) is 0 Å². The average molecular weight is 336 g/mol. The zero-order valence-corrected chi connectivity index (χ0v) is 13.8. The lowest BCUT2D eigenvalue weighted by molar-refractivity contribution is -0.121. The summed E-state index contributed by atoms with van der Waals surface area (Å²) in [5, 5.41) is 29.6. The first kappa shape index (κ1) is 18.3. The highest BCUT2D eigenvalue weighted by Crippen LogP contribution is 2.30. The Bertz CT molecular complexity index is 610. The van der Waals surface area contributed by atoms with Gasteiger partial charge in [0.05, 0.1) is 6.10 Å². The van der Waals surface area contributed by atoms with Crippen LogP contribution in [-0.4, -0.2) is 39.3 Å². The second-order valence-corrected chi connectivity index (χ2v) is 6.41. The largest absolute Gasteiger partial charge is 0.508 e. The fourth-order valence-corrected chi connectivity index (χ4v) is 3.04. The Labute approximate surface area is 141 Å². The van der Waals surface area contributed by atoms with Gasteiger partial charge in [0, 0.05) is 25.3 Å². The van der Waals surface area contributed by atoms with Crippen molar-refractivity contribution in [3.63, 3.8) is 0 Å². The van der Waals surface area contributed by atoms with Gasteiger partial charge in [-0.1, -0.05) is 6.42 Å². The number of hydrogen-bond acceptors (Lipinski definition) is 6. The number of Topliss-reactive ketones (excluding diaryl/α,β-unsaturated/α-hetero) is 1. The molecule has 132 valence electrons. The lowest BCUT2D eigenvalue weighted by Crippen LogP contribution is -2.24. The number of carbonyl (C=O) groups excluding carboxylic acids is 2. The van der Waals surface area contributed by atoms with Crippen molar-refractivity contribution in [3.05, 3.63) is 23.3 Å². The van der Waals surface area contributed by atoms with E-state index in [9.17, 15) is 24.9 Å². The van der Waals surface area contributed by atoms with Crippen molar-refractivity contribution >= 4 is 11.8 Å². The van der Waals surface area contributed by atoms with Crippen LogP contribution in [0.15, 0.2) is 12.1 Å². The van der Waals surface area contributed by atoms with Gasteiger partial charge < -0.3 is 20.1 Å². The van der Waals surface area contributed by atoms with Crippen LogP contribution in [0.2, 0.25) is 0 Å². The highest BCUT2D eigenvalue weighted by molar-refractivity contribution is 5.94. The van der Waals surface area contributed by atoms with Crippen LogP contribution in [0.1, 0.15) is 61.4 Å². The fraction of sp³-hybridized carbons (Fsp3) is 0.556. The summed E-state index contributed by atoms with van der Waals surface area (Å²) in [6.07, 6.45) is 1.91. The molecule has 1 aromatic rings. The Hall–Kier alpha value is -2.08. The van der Waals surface area contributed by atoms with Crippen LogP contribution in [-0.2, 0) is 16.0 Å². The SMILES string of the molecule is CC1CC(O)CC(=O)CCCCCc2cc(O)cc(O)c2C(=O)O1. The molecule has 0 fully saturated rings. The summed E-state index contributed by atoms with van der Waals surface area (Å²) in [6, 6.07) is 2.56. The molecule has 0 saturated heterocycles. The Morgan fingerprint density at radius 3 is 2.54 bits per heavy atom. The molecule has 6 heteroatoms. The van der Waals surface area contributed by atoms with Crippen LogP contribution in [0.4, 0.5) is 0 Å². The number of fused-ring (bicyclic) bond motifs is 1. The molecule has 2 unspecified atom stereocenters. The lowest BCUT2D eigenvalue weighted by Gasteiger charge is -2.19. The Morgan fingerprint density at radius 1 is 1.08 bits per heavy atom. The summed E-state index contributed by atoms with van der Waals surface area (Å²) in [7, 11) is 0. The van der Waals surface area contributed by atoms with E-state index in [0.717, 1.165) is 12.5 Å². The number of ketones is 1. The molecule has 0 spiro atoms. The molecule has 0 saturated carbocycles. The van der Waals surface area contributed by atoms with Crippen molar-refractivity contribution in [2.75, 3.05) is 0 Å². The number of esters is 1. The Morgan fingerprint density at radius 2 is 1.79 bits per heavy atom. The molecule has 2 atom stereocenters. The number of hydrogen-bond donors (Lipinski definition) is 3. The second-order valence-electron chi connectivity index (χ2n) is 6.41. The van der Waals surface area contributed by atoms with E-state index in [4.69, 9.17) is 4.74 Å². The van der Waals surface area contributed by atoms with Crippen molar-refractivity contribution < 1.29 is 29.6 Å². The van der Waals surface area contributed by atoms with Gasteiger partial charge in [0.1, 0.15) is 28.9 Å². The predicted molar refractivity (Wildman–Crippen MR) is 87.1 cm³/mol. The maximum Gasteiger partial charge on any atom is 0.342 e. The van der Waals surface area contributed by atoms with E-state index >= 15 is 0 Å². The van der Waals surface area contributed by atoms with Gasteiger partial charge in [-0.05, 0) is 37.8 Å². The van der Waals surface area contributed by atoms with Gasteiger partial charge in [-0.25, -0.2) is 4.79 Å². The molecule has 0 aliphatic carbocycles. The second kappa shape index (κ2) is 8.15. The third-order valence-corrected chi connectivity index (χ3v) is 4.17. The van der Waals surface area contributed by atoms with E-state index in [2.05, 4.69) is 0 Å². The first-order chi connectivity index (χ1) is 11.4. The summed E-state index contributed by atoms with van der Waals surface area (Å²) < 4.78 is 5.30. The molecular formula is C18H24O6. The molecule has 3 N–H and O–H groups in total. The van der Waals surface area contributed by atoms with Gasteiger partial charge in [-0.3, -0.25) is 4.79 Å². The Kier molecular flexibility index (Phi) is 6.20. The van der Waals surface area contributed by atoms with Gasteiger partial charge >= 0.3 is 5.97 Å². The number of aromatic hydroxyl groups is 2.